The SMILES string of the molecule is CCC(NS(=O)(=O)c1ccc(F)cc1)C(=O)N1CCN(CC)CC1. The maximum Gasteiger partial charge on any atom is 0.241 e. The molecule has 1 amide bonds. The summed E-state index contributed by atoms with van der Waals surface area (Å²) in [4.78, 5) is 16.5. The van der Waals surface area contributed by atoms with Crippen molar-refractivity contribution < 1.29 is 17.6 Å². The third kappa shape index (κ3) is 4.52. The van der Waals surface area contributed by atoms with Gasteiger partial charge in [0, 0.05) is 26.2 Å². The summed E-state index contributed by atoms with van der Waals surface area (Å²) in [6.07, 6.45) is 0.354. The van der Waals surface area contributed by atoms with Crippen molar-refractivity contribution in [1.82, 2.24) is 14.5 Å². The normalized spacial score (nSPS) is 17.7. The molecule has 2 rings (SSSR count). The van der Waals surface area contributed by atoms with Gasteiger partial charge >= 0.3 is 0 Å². The first-order valence-electron chi connectivity index (χ1n) is 8.16. The second-order valence-electron chi connectivity index (χ2n) is 5.80. The molecule has 1 unspecified atom stereocenters. The smallest absolute Gasteiger partial charge is 0.241 e. The third-order valence-corrected chi connectivity index (χ3v) is 5.75. The van der Waals surface area contributed by atoms with Gasteiger partial charge in [0.1, 0.15) is 11.9 Å². The molecule has 0 aromatic heterocycles. The molecule has 1 N–H and O–H groups in total. The third-order valence-electron chi connectivity index (χ3n) is 4.26. The van der Waals surface area contributed by atoms with E-state index in [0.717, 1.165) is 31.8 Å². The summed E-state index contributed by atoms with van der Waals surface area (Å²) in [6, 6.07) is 3.74. The van der Waals surface area contributed by atoms with E-state index >= 15 is 0 Å². The van der Waals surface area contributed by atoms with Crippen molar-refractivity contribution in [2.45, 2.75) is 31.2 Å². The summed E-state index contributed by atoms with van der Waals surface area (Å²) < 4.78 is 40.2. The summed E-state index contributed by atoms with van der Waals surface area (Å²) in [6.45, 7) is 7.56. The second-order valence-corrected chi connectivity index (χ2v) is 7.51. The zero-order valence-electron chi connectivity index (χ0n) is 14.0. The Hall–Kier alpha value is -1.51. The molecule has 1 fully saturated rings. The van der Waals surface area contributed by atoms with Crippen molar-refractivity contribution in [3.8, 4) is 0 Å². The summed E-state index contributed by atoms with van der Waals surface area (Å²) in [5, 5.41) is 0. The molecule has 1 aliphatic rings. The number of carbonyl (C=O) groups excluding carboxylic acids is 1. The number of likely N-dealkylation sites (N-methyl/N-ethyl adjacent to an activating group) is 1. The molecule has 0 spiro atoms. The van der Waals surface area contributed by atoms with E-state index in [1.165, 1.54) is 12.1 Å². The maximum absolute atomic E-state index is 13.0. The zero-order valence-corrected chi connectivity index (χ0v) is 14.9. The maximum atomic E-state index is 13.0. The Morgan fingerprint density at radius 3 is 2.25 bits per heavy atom. The van der Waals surface area contributed by atoms with Crippen LogP contribution in [-0.2, 0) is 14.8 Å². The average Bonchev–Trinajstić information content (AvgIpc) is 2.59. The quantitative estimate of drug-likeness (QED) is 0.826. The van der Waals surface area contributed by atoms with Crippen LogP contribution in [0.25, 0.3) is 0 Å². The van der Waals surface area contributed by atoms with Crippen LogP contribution in [-0.4, -0.2) is 62.9 Å². The number of piperazine rings is 1. The van der Waals surface area contributed by atoms with Crippen LogP contribution in [0.15, 0.2) is 29.2 Å². The monoisotopic (exact) mass is 357 g/mol. The van der Waals surface area contributed by atoms with Gasteiger partial charge in [0.05, 0.1) is 4.90 Å². The Kier molecular flexibility index (Phi) is 6.31. The summed E-state index contributed by atoms with van der Waals surface area (Å²) in [5.41, 5.74) is 0. The van der Waals surface area contributed by atoms with Crippen molar-refractivity contribution in [3.63, 3.8) is 0 Å². The highest BCUT2D eigenvalue weighted by atomic mass is 32.2. The summed E-state index contributed by atoms with van der Waals surface area (Å²) in [7, 11) is -3.86. The van der Waals surface area contributed by atoms with Gasteiger partial charge in [-0.3, -0.25) is 4.79 Å². The van der Waals surface area contributed by atoms with Gasteiger partial charge in [-0.05, 0) is 37.2 Å². The number of hydrogen-bond donors (Lipinski definition) is 1. The lowest BCUT2D eigenvalue weighted by atomic mass is 10.2. The van der Waals surface area contributed by atoms with Crippen molar-refractivity contribution in [2.24, 2.45) is 0 Å². The van der Waals surface area contributed by atoms with E-state index in [1.807, 2.05) is 0 Å². The molecule has 0 radical (unpaired) electrons. The summed E-state index contributed by atoms with van der Waals surface area (Å²) in [5.74, 6) is -0.718. The molecule has 6 nitrogen and oxygen atoms in total. The molecule has 1 aromatic carbocycles. The molecule has 1 aliphatic heterocycles. The fourth-order valence-electron chi connectivity index (χ4n) is 2.68. The first kappa shape index (κ1) is 18.8. The predicted molar refractivity (Wildman–Crippen MR) is 89.5 cm³/mol. The van der Waals surface area contributed by atoms with Crippen molar-refractivity contribution in [3.05, 3.63) is 30.1 Å². The highest BCUT2D eigenvalue weighted by molar-refractivity contribution is 7.89. The van der Waals surface area contributed by atoms with E-state index in [-0.39, 0.29) is 10.8 Å². The lowest BCUT2D eigenvalue weighted by molar-refractivity contribution is -0.134. The second kappa shape index (κ2) is 8.04. The van der Waals surface area contributed by atoms with Crippen molar-refractivity contribution >= 4 is 15.9 Å². The number of sulfonamides is 1. The van der Waals surface area contributed by atoms with Gasteiger partial charge in [-0.2, -0.15) is 4.72 Å². The van der Waals surface area contributed by atoms with Crippen LogP contribution in [0.4, 0.5) is 4.39 Å². The predicted octanol–water partition coefficient (Wildman–Crippen LogP) is 1.05. The molecule has 24 heavy (non-hydrogen) atoms. The van der Waals surface area contributed by atoms with Crippen molar-refractivity contribution in [1.29, 1.82) is 0 Å². The Morgan fingerprint density at radius 1 is 1.17 bits per heavy atom. The van der Waals surface area contributed by atoms with E-state index in [2.05, 4.69) is 16.5 Å². The van der Waals surface area contributed by atoms with Gasteiger partial charge in [-0.25, -0.2) is 12.8 Å². The lowest BCUT2D eigenvalue weighted by Crippen LogP contribution is -2.54. The fourth-order valence-corrected chi connectivity index (χ4v) is 3.95. The highest BCUT2D eigenvalue weighted by Gasteiger charge is 2.29. The van der Waals surface area contributed by atoms with Gasteiger partial charge in [-0.1, -0.05) is 13.8 Å². The van der Waals surface area contributed by atoms with Crippen LogP contribution in [0.3, 0.4) is 0 Å². The van der Waals surface area contributed by atoms with E-state index in [0.29, 0.717) is 19.5 Å². The lowest BCUT2D eigenvalue weighted by Gasteiger charge is -2.35. The molecule has 1 heterocycles. The number of nitrogens with one attached hydrogen (secondary N) is 1. The molecule has 1 saturated heterocycles. The van der Waals surface area contributed by atoms with E-state index in [4.69, 9.17) is 0 Å². The molecule has 0 bridgehead atoms. The minimum atomic E-state index is -3.86. The van der Waals surface area contributed by atoms with Gasteiger partial charge in [0.2, 0.25) is 15.9 Å². The molecule has 8 heteroatoms. The van der Waals surface area contributed by atoms with Crippen LogP contribution >= 0.6 is 0 Å². The molecular weight excluding hydrogens is 333 g/mol. The van der Waals surface area contributed by atoms with Gasteiger partial charge in [-0.15, -0.1) is 0 Å². The van der Waals surface area contributed by atoms with Crippen molar-refractivity contribution in [2.75, 3.05) is 32.7 Å². The van der Waals surface area contributed by atoms with Gasteiger partial charge in [0.15, 0.2) is 0 Å². The van der Waals surface area contributed by atoms with Crippen LogP contribution in [0.2, 0.25) is 0 Å². The Balaban J connectivity index is 2.05. The topological polar surface area (TPSA) is 69.7 Å². The van der Waals surface area contributed by atoms with Gasteiger partial charge < -0.3 is 9.80 Å². The molecular formula is C16H24FN3O3S. The number of carbonyl (C=O) groups is 1. The number of rotatable bonds is 6. The molecule has 134 valence electrons. The number of hydrogen-bond acceptors (Lipinski definition) is 4. The molecule has 0 aliphatic carbocycles. The van der Waals surface area contributed by atoms with Crippen LogP contribution in [0, 0.1) is 5.82 Å². The van der Waals surface area contributed by atoms with Crippen LogP contribution < -0.4 is 4.72 Å². The molecule has 1 aromatic rings. The minimum absolute atomic E-state index is 0.0500. The van der Waals surface area contributed by atoms with E-state index in [1.54, 1.807) is 11.8 Å². The average molecular weight is 357 g/mol. The standard InChI is InChI=1S/C16H24FN3O3S/c1-3-15(16(21)20-11-9-19(4-2)10-12-20)18-24(22,23)14-7-5-13(17)6-8-14/h5-8,15,18H,3-4,9-12H2,1-2H3. The summed E-state index contributed by atoms with van der Waals surface area (Å²) >= 11 is 0. The van der Waals surface area contributed by atoms with Crippen LogP contribution in [0.5, 0.6) is 0 Å². The first-order chi connectivity index (χ1) is 11.4. The largest absolute Gasteiger partial charge is 0.339 e. The minimum Gasteiger partial charge on any atom is -0.339 e. The van der Waals surface area contributed by atoms with Crippen LogP contribution in [0.1, 0.15) is 20.3 Å². The van der Waals surface area contributed by atoms with E-state index < -0.39 is 21.9 Å². The molecule has 1 atom stereocenters. The Bertz CT molecular complexity index is 656. The first-order valence-corrected chi connectivity index (χ1v) is 9.64. The molecule has 0 saturated carbocycles. The zero-order chi connectivity index (χ0) is 17.7. The van der Waals surface area contributed by atoms with E-state index in [9.17, 15) is 17.6 Å². The highest BCUT2D eigenvalue weighted by Crippen LogP contribution is 2.13. The Morgan fingerprint density at radius 2 is 1.75 bits per heavy atom. The number of nitrogens with zero attached hydrogens (tertiary/aromatic N) is 2. The number of halogens is 1. The number of amides is 1. The Labute approximate surface area is 142 Å². The fraction of sp³-hybridized carbons (Fsp3) is 0.562. The number of benzene rings is 1. The van der Waals surface area contributed by atoms with Gasteiger partial charge in [0.25, 0.3) is 0 Å².